The number of nitrogens with zero attached hydrogens (tertiary/aromatic N) is 2. The molecule has 80 valence electrons. The van der Waals surface area contributed by atoms with Gasteiger partial charge in [-0.2, -0.15) is 10.3 Å². The maximum atomic E-state index is 8.81. The highest BCUT2D eigenvalue weighted by Crippen LogP contribution is 2.21. The number of rotatable bonds is 4. The van der Waals surface area contributed by atoms with E-state index in [1.807, 2.05) is 12.1 Å². The Bertz CT molecular complexity index is 194. The van der Waals surface area contributed by atoms with Crippen LogP contribution in [0.15, 0.2) is 0 Å². The average Bonchev–Trinajstić information content (AvgIpc) is 2.26. The van der Waals surface area contributed by atoms with Gasteiger partial charge in [0.05, 0.1) is 19.2 Å². The highest BCUT2D eigenvalue weighted by Gasteiger charge is 2.21. The summed E-state index contributed by atoms with van der Waals surface area (Å²) >= 11 is 0. The van der Waals surface area contributed by atoms with Gasteiger partial charge in [0, 0.05) is 13.1 Å². The predicted octanol–water partition coefficient (Wildman–Crippen LogP) is 0.761. The van der Waals surface area contributed by atoms with Crippen LogP contribution in [0.1, 0.15) is 19.3 Å². The Morgan fingerprint density at radius 1 is 1.57 bits per heavy atom. The molecular formula is C10H19N3O. The van der Waals surface area contributed by atoms with Gasteiger partial charge < -0.3 is 10.2 Å². The van der Waals surface area contributed by atoms with Crippen LogP contribution in [0, 0.1) is 17.2 Å². The molecule has 0 bridgehead atoms. The van der Waals surface area contributed by atoms with Gasteiger partial charge in [-0.25, -0.2) is 0 Å². The fourth-order valence-electron chi connectivity index (χ4n) is 1.90. The predicted molar refractivity (Wildman–Crippen MR) is 54.4 cm³/mol. The number of nitriles is 1. The largest absolute Gasteiger partial charge is 0.305 e. The van der Waals surface area contributed by atoms with Crippen LogP contribution < -0.4 is 5.32 Å². The topological polar surface area (TPSA) is 48.3 Å². The molecule has 0 aromatic carbocycles. The molecule has 1 aliphatic heterocycles. The van der Waals surface area contributed by atoms with Crippen LogP contribution in [0.5, 0.6) is 0 Å². The average molecular weight is 197 g/mol. The van der Waals surface area contributed by atoms with E-state index in [4.69, 9.17) is 10.1 Å². The van der Waals surface area contributed by atoms with E-state index in [0.29, 0.717) is 5.92 Å². The van der Waals surface area contributed by atoms with Gasteiger partial charge in [-0.3, -0.25) is 0 Å². The second-order valence-corrected chi connectivity index (χ2v) is 3.76. The Balaban J connectivity index is 2.25. The first kappa shape index (κ1) is 11.4. The van der Waals surface area contributed by atoms with Gasteiger partial charge in [0.1, 0.15) is 0 Å². The van der Waals surface area contributed by atoms with Crippen molar-refractivity contribution in [3.8, 4) is 6.07 Å². The van der Waals surface area contributed by atoms with E-state index in [1.54, 1.807) is 7.11 Å². The quantitative estimate of drug-likeness (QED) is 0.723. The molecule has 4 heteroatoms. The van der Waals surface area contributed by atoms with Gasteiger partial charge >= 0.3 is 0 Å². The molecule has 0 aromatic rings. The zero-order valence-electron chi connectivity index (χ0n) is 8.99. The molecule has 1 aliphatic rings. The van der Waals surface area contributed by atoms with Crippen LogP contribution >= 0.6 is 0 Å². The summed E-state index contributed by atoms with van der Waals surface area (Å²) < 4.78 is 0. The van der Waals surface area contributed by atoms with Crippen molar-refractivity contribution in [1.82, 2.24) is 10.4 Å². The highest BCUT2D eigenvalue weighted by molar-refractivity contribution is 4.90. The standard InChI is InChI=1S/C10H19N3O/c1-12-10(8-11)7-9-3-5-13(14-2)6-4-9/h9-10,12H,3-7H2,1-2H3. The van der Waals surface area contributed by atoms with Crippen LogP contribution in [0.4, 0.5) is 0 Å². The summed E-state index contributed by atoms with van der Waals surface area (Å²) in [6, 6.07) is 2.28. The summed E-state index contributed by atoms with van der Waals surface area (Å²) in [4.78, 5) is 5.15. The Morgan fingerprint density at radius 3 is 2.64 bits per heavy atom. The second-order valence-electron chi connectivity index (χ2n) is 3.76. The van der Waals surface area contributed by atoms with Crippen molar-refractivity contribution in [2.45, 2.75) is 25.3 Å². The fourth-order valence-corrected chi connectivity index (χ4v) is 1.90. The third-order valence-electron chi connectivity index (χ3n) is 2.91. The summed E-state index contributed by atoms with van der Waals surface area (Å²) in [5, 5.41) is 13.8. The molecule has 14 heavy (non-hydrogen) atoms. The number of nitrogens with one attached hydrogen (secondary N) is 1. The van der Waals surface area contributed by atoms with Crippen molar-refractivity contribution in [3.05, 3.63) is 0 Å². The van der Waals surface area contributed by atoms with Gasteiger partial charge in [0.2, 0.25) is 0 Å². The summed E-state index contributed by atoms with van der Waals surface area (Å²) in [5.74, 6) is 0.665. The van der Waals surface area contributed by atoms with Crippen LogP contribution in [0.3, 0.4) is 0 Å². The fraction of sp³-hybridized carbons (Fsp3) is 0.900. The molecule has 0 amide bonds. The monoisotopic (exact) mass is 197 g/mol. The molecule has 1 fully saturated rings. The van der Waals surface area contributed by atoms with E-state index >= 15 is 0 Å². The molecule has 1 rings (SSSR count). The van der Waals surface area contributed by atoms with E-state index in [-0.39, 0.29) is 6.04 Å². The van der Waals surface area contributed by atoms with E-state index < -0.39 is 0 Å². The lowest BCUT2D eigenvalue weighted by molar-refractivity contribution is -0.148. The minimum absolute atomic E-state index is 0.00842. The van der Waals surface area contributed by atoms with E-state index in [1.165, 1.54) is 0 Å². The van der Waals surface area contributed by atoms with E-state index in [0.717, 1.165) is 32.4 Å². The Kier molecular flexibility index (Phi) is 4.88. The Labute approximate surface area is 85.8 Å². The molecular weight excluding hydrogens is 178 g/mol. The summed E-state index contributed by atoms with van der Waals surface area (Å²) in [7, 11) is 3.56. The summed E-state index contributed by atoms with van der Waals surface area (Å²) in [6.07, 6.45) is 3.23. The smallest absolute Gasteiger partial charge is 0.0953 e. The van der Waals surface area contributed by atoms with Crippen LogP contribution in [0.2, 0.25) is 0 Å². The van der Waals surface area contributed by atoms with E-state index in [9.17, 15) is 0 Å². The second kappa shape index (κ2) is 5.97. The SMILES string of the molecule is CNC(C#N)CC1CCN(OC)CC1. The van der Waals surface area contributed by atoms with Gasteiger partial charge in [-0.1, -0.05) is 0 Å². The highest BCUT2D eigenvalue weighted by atomic mass is 16.7. The lowest BCUT2D eigenvalue weighted by Gasteiger charge is -2.30. The van der Waals surface area contributed by atoms with Gasteiger partial charge in [0.25, 0.3) is 0 Å². The first-order valence-corrected chi connectivity index (χ1v) is 5.16. The Morgan fingerprint density at radius 2 is 2.21 bits per heavy atom. The van der Waals surface area contributed by atoms with Gasteiger partial charge in [-0.05, 0) is 32.2 Å². The molecule has 0 aromatic heterocycles. The van der Waals surface area contributed by atoms with Crippen LogP contribution in [0.25, 0.3) is 0 Å². The molecule has 0 saturated carbocycles. The maximum Gasteiger partial charge on any atom is 0.0953 e. The summed E-state index contributed by atoms with van der Waals surface area (Å²) in [5.41, 5.74) is 0. The molecule has 0 spiro atoms. The Hall–Kier alpha value is -0.630. The van der Waals surface area contributed by atoms with Crippen molar-refractivity contribution in [2.24, 2.45) is 5.92 Å². The third-order valence-corrected chi connectivity index (χ3v) is 2.91. The van der Waals surface area contributed by atoms with Crippen molar-refractivity contribution >= 4 is 0 Å². The zero-order chi connectivity index (χ0) is 10.4. The first-order chi connectivity index (χ1) is 6.80. The van der Waals surface area contributed by atoms with Crippen LogP contribution in [-0.2, 0) is 4.84 Å². The van der Waals surface area contributed by atoms with Crippen molar-refractivity contribution in [2.75, 3.05) is 27.2 Å². The van der Waals surface area contributed by atoms with Gasteiger partial charge in [0.15, 0.2) is 0 Å². The maximum absolute atomic E-state index is 8.81. The molecule has 4 nitrogen and oxygen atoms in total. The van der Waals surface area contributed by atoms with E-state index in [2.05, 4.69) is 11.4 Å². The molecule has 1 saturated heterocycles. The van der Waals surface area contributed by atoms with Crippen molar-refractivity contribution in [3.63, 3.8) is 0 Å². The minimum Gasteiger partial charge on any atom is -0.305 e. The normalized spacial score (nSPS) is 21.8. The molecule has 1 N–H and O–H groups in total. The van der Waals surface area contributed by atoms with Crippen LogP contribution in [-0.4, -0.2) is 38.4 Å². The number of hydrogen-bond acceptors (Lipinski definition) is 4. The first-order valence-electron chi connectivity index (χ1n) is 5.16. The number of hydroxylamine groups is 2. The lowest BCUT2D eigenvalue weighted by atomic mass is 9.91. The molecule has 1 unspecified atom stereocenters. The number of piperidine rings is 1. The summed E-state index contributed by atoms with van der Waals surface area (Å²) in [6.45, 7) is 1.98. The van der Waals surface area contributed by atoms with Gasteiger partial charge in [-0.15, -0.1) is 0 Å². The zero-order valence-corrected chi connectivity index (χ0v) is 8.99. The molecule has 0 radical (unpaired) electrons. The van der Waals surface area contributed by atoms with Crippen molar-refractivity contribution in [1.29, 1.82) is 5.26 Å². The molecule has 1 heterocycles. The third kappa shape index (κ3) is 3.26. The lowest BCUT2D eigenvalue weighted by Crippen LogP contribution is -2.35. The number of hydrogen-bond donors (Lipinski definition) is 1. The minimum atomic E-state index is 0.00842. The molecule has 1 atom stereocenters. The van der Waals surface area contributed by atoms with Crippen molar-refractivity contribution < 1.29 is 4.84 Å². The molecule has 0 aliphatic carbocycles.